The molecule has 1 amide bonds. The van der Waals surface area contributed by atoms with Gasteiger partial charge in [-0.05, 0) is 42.3 Å². The van der Waals surface area contributed by atoms with E-state index in [1.807, 2.05) is 19.1 Å². The maximum atomic E-state index is 13.1. The summed E-state index contributed by atoms with van der Waals surface area (Å²) in [5.41, 5.74) is 7.75. The van der Waals surface area contributed by atoms with Crippen molar-refractivity contribution in [2.45, 2.75) is 13.5 Å². The Labute approximate surface area is 116 Å². The van der Waals surface area contributed by atoms with Crippen LogP contribution in [-0.2, 0) is 6.54 Å². The summed E-state index contributed by atoms with van der Waals surface area (Å²) in [7, 11) is 0. The summed E-state index contributed by atoms with van der Waals surface area (Å²) in [5, 5.41) is 12.3. The molecule has 4 N–H and O–H groups in total. The molecule has 2 aromatic rings. The van der Waals surface area contributed by atoms with Gasteiger partial charge in [-0.3, -0.25) is 4.79 Å². The van der Waals surface area contributed by atoms with Gasteiger partial charge in [0.2, 0.25) is 0 Å². The number of benzene rings is 2. The molecule has 104 valence electrons. The highest BCUT2D eigenvalue weighted by molar-refractivity contribution is 6.06. The Morgan fingerprint density at radius 3 is 2.75 bits per heavy atom. The van der Waals surface area contributed by atoms with Gasteiger partial charge in [-0.15, -0.1) is 0 Å². The van der Waals surface area contributed by atoms with Crippen LogP contribution in [0.1, 0.15) is 21.5 Å². The number of aryl methyl sites for hydroxylation is 1. The second-order valence-corrected chi connectivity index (χ2v) is 4.47. The van der Waals surface area contributed by atoms with Crippen LogP contribution in [0.15, 0.2) is 36.4 Å². The number of carbonyl (C=O) groups is 1. The van der Waals surface area contributed by atoms with Crippen molar-refractivity contribution in [3.8, 4) is 5.75 Å². The molecule has 2 rings (SSSR count). The molecule has 4 nitrogen and oxygen atoms in total. The van der Waals surface area contributed by atoms with Crippen LogP contribution in [0.3, 0.4) is 0 Å². The van der Waals surface area contributed by atoms with E-state index in [1.54, 1.807) is 6.07 Å². The molecule has 0 bridgehead atoms. The Morgan fingerprint density at radius 2 is 2.05 bits per heavy atom. The lowest BCUT2D eigenvalue weighted by Gasteiger charge is -2.11. The first-order valence-corrected chi connectivity index (χ1v) is 6.10. The fraction of sp³-hybridized carbons (Fsp3) is 0.133. The standard InChI is InChI=1S/C15H15FN2O2/c1-9-2-3-10(8-17)6-13(9)18-15(20)12-7-11(16)4-5-14(12)19/h2-7,19H,8,17H2,1H3,(H,18,20). The predicted octanol–water partition coefficient (Wildman–Crippen LogP) is 2.55. The van der Waals surface area contributed by atoms with Crippen LogP contribution < -0.4 is 11.1 Å². The Hall–Kier alpha value is -2.40. The smallest absolute Gasteiger partial charge is 0.259 e. The lowest BCUT2D eigenvalue weighted by atomic mass is 10.1. The largest absolute Gasteiger partial charge is 0.507 e. The number of amides is 1. The molecule has 0 aliphatic heterocycles. The summed E-state index contributed by atoms with van der Waals surface area (Å²) in [6.07, 6.45) is 0. The zero-order chi connectivity index (χ0) is 14.7. The second-order valence-electron chi connectivity index (χ2n) is 4.47. The minimum atomic E-state index is -0.583. The molecule has 2 aromatic carbocycles. The maximum absolute atomic E-state index is 13.1. The summed E-state index contributed by atoms with van der Waals surface area (Å²) in [4.78, 5) is 12.1. The maximum Gasteiger partial charge on any atom is 0.259 e. The molecule has 0 aliphatic rings. The van der Waals surface area contributed by atoms with Crippen LogP contribution in [0.25, 0.3) is 0 Å². The summed E-state index contributed by atoms with van der Waals surface area (Å²) >= 11 is 0. The number of rotatable bonds is 3. The van der Waals surface area contributed by atoms with Gasteiger partial charge in [0.1, 0.15) is 11.6 Å². The number of nitrogens with one attached hydrogen (secondary N) is 1. The normalized spacial score (nSPS) is 10.3. The van der Waals surface area contributed by atoms with E-state index in [2.05, 4.69) is 5.32 Å². The van der Waals surface area contributed by atoms with Crippen LogP contribution in [-0.4, -0.2) is 11.0 Å². The Bertz CT molecular complexity index is 656. The summed E-state index contributed by atoms with van der Waals surface area (Å²) in [6, 6.07) is 8.68. The number of aromatic hydroxyl groups is 1. The van der Waals surface area contributed by atoms with Crippen molar-refractivity contribution in [2.24, 2.45) is 5.73 Å². The molecule has 0 atom stereocenters. The predicted molar refractivity (Wildman–Crippen MR) is 75.1 cm³/mol. The molecule has 20 heavy (non-hydrogen) atoms. The number of anilines is 1. The van der Waals surface area contributed by atoms with Crippen molar-refractivity contribution in [1.82, 2.24) is 0 Å². The minimum absolute atomic E-state index is 0.109. The van der Waals surface area contributed by atoms with Crippen LogP contribution in [0.5, 0.6) is 5.75 Å². The monoisotopic (exact) mass is 274 g/mol. The zero-order valence-electron chi connectivity index (χ0n) is 11.0. The van der Waals surface area contributed by atoms with E-state index in [0.29, 0.717) is 12.2 Å². The average Bonchev–Trinajstić information content (AvgIpc) is 2.43. The van der Waals surface area contributed by atoms with Gasteiger partial charge in [-0.1, -0.05) is 12.1 Å². The molecule has 0 radical (unpaired) electrons. The highest BCUT2D eigenvalue weighted by Crippen LogP contribution is 2.22. The first kappa shape index (κ1) is 14.0. The molecule has 5 heteroatoms. The lowest BCUT2D eigenvalue weighted by Crippen LogP contribution is -2.13. The quantitative estimate of drug-likeness (QED) is 0.805. The number of phenols is 1. The summed E-state index contributed by atoms with van der Waals surface area (Å²) < 4.78 is 13.1. The first-order valence-electron chi connectivity index (χ1n) is 6.10. The fourth-order valence-corrected chi connectivity index (χ4v) is 1.81. The van der Waals surface area contributed by atoms with Crippen molar-refractivity contribution in [3.05, 3.63) is 58.9 Å². The first-order chi connectivity index (χ1) is 9.51. The highest BCUT2D eigenvalue weighted by Gasteiger charge is 2.13. The number of nitrogens with two attached hydrogens (primary N) is 1. The minimum Gasteiger partial charge on any atom is -0.507 e. The molecule has 0 unspecified atom stereocenters. The van der Waals surface area contributed by atoms with Gasteiger partial charge in [0, 0.05) is 12.2 Å². The third kappa shape index (κ3) is 2.95. The van der Waals surface area contributed by atoms with E-state index >= 15 is 0 Å². The molecule has 0 aliphatic carbocycles. The molecular weight excluding hydrogens is 259 g/mol. The van der Waals surface area contributed by atoms with Gasteiger partial charge >= 0.3 is 0 Å². The van der Waals surface area contributed by atoms with Crippen LogP contribution in [0, 0.1) is 12.7 Å². The molecule has 0 saturated heterocycles. The van der Waals surface area contributed by atoms with Crippen molar-refractivity contribution < 1.29 is 14.3 Å². The molecular formula is C15H15FN2O2. The third-order valence-electron chi connectivity index (χ3n) is 2.99. The van der Waals surface area contributed by atoms with E-state index in [1.165, 1.54) is 0 Å². The lowest BCUT2D eigenvalue weighted by molar-refractivity contribution is 0.102. The van der Waals surface area contributed by atoms with Crippen molar-refractivity contribution in [1.29, 1.82) is 0 Å². The number of halogens is 1. The van der Waals surface area contributed by atoms with Gasteiger partial charge in [0.15, 0.2) is 0 Å². The Kier molecular flexibility index (Phi) is 4.00. The number of hydrogen-bond acceptors (Lipinski definition) is 3. The van der Waals surface area contributed by atoms with Gasteiger partial charge in [-0.25, -0.2) is 4.39 Å². The van der Waals surface area contributed by atoms with E-state index in [-0.39, 0.29) is 11.3 Å². The molecule has 0 aromatic heterocycles. The average molecular weight is 274 g/mol. The third-order valence-corrected chi connectivity index (χ3v) is 2.99. The van der Waals surface area contributed by atoms with Crippen molar-refractivity contribution >= 4 is 11.6 Å². The van der Waals surface area contributed by atoms with Gasteiger partial charge in [0.25, 0.3) is 5.91 Å². The fourth-order valence-electron chi connectivity index (χ4n) is 1.81. The number of carbonyl (C=O) groups excluding carboxylic acids is 1. The molecule has 0 spiro atoms. The van der Waals surface area contributed by atoms with E-state index in [0.717, 1.165) is 29.3 Å². The zero-order valence-corrected chi connectivity index (χ0v) is 11.0. The second kappa shape index (κ2) is 5.71. The Morgan fingerprint density at radius 1 is 1.30 bits per heavy atom. The summed E-state index contributed by atoms with van der Waals surface area (Å²) in [6.45, 7) is 2.19. The van der Waals surface area contributed by atoms with Crippen molar-refractivity contribution in [3.63, 3.8) is 0 Å². The number of hydrogen-bond donors (Lipinski definition) is 3. The summed E-state index contributed by atoms with van der Waals surface area (Å²) in [5.74, 6) is -1.42. The molecule has 0 fully saturated rings. The Balaban J connectivity index is 2.30. The van der Waals surface area contributed by atoms with Crippen LogP contribution in [0.4, 0.5) is 10.1 Å². The van der Waals surface area contributed by atoms with Gasteiger partial charge in [0.05, 0.1) is 5.56 Å². The van der Waals surface area contributed by atoms with Gasteiger partial charge in [-0.2, -0.15) is 0 Å². The number of phenolic OH excluding ortho intramolecular Hbond substituents is 1. The molecule has 0 heterocycles. The SMILES string of the molecule is Cc1ccc(CN)cc1NC(=O)c1cc(F)ccc1O. The van der Waals surface area contributed by atoms with E-state index < -0.39 is 11.7 Å². The van der Waals surface area contributed by atoms with Crippen LogP contribution >= 0.6 is 0 Å². The topological polar surface area (TPSA) is 75.3 Å². The highest BCUT2D eigenvalue weighted by atomic mass is 19.1. The van der Waals surface area contributed by atoms with Crippen molar-refractivity contribution in [2.75, 3.05) is 5.32 Å². The molecule has 0 saturated carbocycles. The van der Waals surface area contributed by atoms with Crippen LogP contribution in [0.2, 0.25) is 0 Å². The van der Waals surface area contributed by atoms with E-state index in [9.17, 15) is 14.3 Å². The van der Waals surface area contributed by atoms with E-state index in [4.69, 9.17) is 5.73 Å². The van der Waals surface area contributed by atoms with Gasteiger partial charge < -0.3 is 16.2 Å².